The van der Waals surface area contributed by atoms with E-state index in [0.717, 1.165) is 18.7 Å². The SMILES string of the molecule is COc1cncc(C2(C(C)(C)C)CCCN2)c1. The quantitative estimate of drug-likeness (QED) is 0.854. The maximum Gasteiger partial charge on any atom is 0.137 e. The van der Waals surface area contributed by atoms with Crippen LogP contribution in [-0.2, 0) is 5.54 Å². The summed E-state index contributed by atoms with van der Waals surface area (Å²) >= 11 is 0. The van der Waals surface area contributed by atoms with Crippen molar-refractivity contribution >= 4 is 0 Å². The summed E-state index contributed by atoms with van der Waals surface area (Å²) in [6.07, 6.45) is 6.10. The number of ether oxygens (including phenoxy) is 1. The first-order valence-electron chi connectivity index (χ1n) is 6.24. The summed E-state index contributed by atoms with van der Waals surface area (Å²) in [6.45, 7) is 7.93. The topological polar surface area (TPSA) is 34.1 Å². The number of aromatic nitrogens is 1. The van der Waals surface area contributed by atoms with Gasteiger partial charge in [0.1, 0.15) is 5.75 Å². The third-order valence-corrected chi connectivity index (χ3v) is 3.88. The molecule has 1 fully saturated rings. The Morgan fingerprint density at radius 3 is 2.65 bits per heavy atom. The fraction of sp³-hybridized carbons (Fsp3) is 0.643. The first-order chi connectivity index (χ1) is 7.99. The van der Waals surface area contributed by atoms with Crippen molar-refractivity contribution in [1.82, 2.24) is 10.3 Å². The van der Waals surface area contributed by atoms with Gasteiger partial charge in [0, 0.05) is 6.20 Å². The smallest absolute Gasteiger partial charge is 0.137 e. The van der Waals surface area contributed by atoms with Gasteiger partial charge in [-0.05, 0) is 36.4 Å². The van der Waals surface area contributed by atoms with Crippen molar-refractivity contribution < 1.29 is 4.74 Å². The van der Waals surface area contributed by atoms with Crippen LogP contribution in [0.25, 0.3) is 0 Å². The first-order valence-corrected chi connectivity index (χ1v) is 6.24. The van der Waals surface area contributed by atoms with Crippen LogP contribution in [-0.4, -0.2) is 18.6 Å². The van der Waals surface area contributed by atoms with E-state index < -0.39 is 0 Å². The summed E-state index contributed by atoms with van der Waals surface area (Å²) in [6, 6.07) is 2.11. The fourth-order valence-electron chi connectivity index (χ4n) is 2.83. The molecule has 0 aromatic carbocycles. The van der Waals surface area contributed by atoms with E-state index in [-0.39, 0.29) is 11.0 Å². The Bertz CT molecular complexity index is 389. The van der Waals surface area contributed by atoms with Gasteiger partial charge in [0.2, 0.25) is 0 Å². The predicted octanol–water partition coefficient (Wildman–Crippen LogP) is 2.72. The molecule has 1 aliphatic heterocycles. The van der Waals surface area contributed by atoms with E-state index in [1.54, 1.807) is 13.3 Å². The number of nitrogens with zero attached hydrogens (tertiary/aromatic N) is 1. The van der Waals surface area contributed by atoms with Crippen LogP contribution in [0.3, 0.4) is 0 Å². The molecule has 2 rings (SSSR count). The number of hydrogen-bond acceptors (Lipinski definition) is 3. The van der Waals surface area contributed by atoms with Crippen molar-refractivity contribution in [2.24, 2.45) is 5.41 Å². The zero-order chi connectivity index (χ0) is 12.5. The van der Waals surface area contributed by atoms with Crippen molar-refractivity contribution in [2.75, 3.05) is 13.7 Å². The molecule has 0 bridgehead atoms. The summed E-state index contributed by atoms with van der Waals surface area (Å²) < 4.78 is 5.28. The summed E-state index contributed by atoms with van der Waals surface area (Å²) in [5.41, 5.74) is 1.42. The zero-order valence-electron chi connectivity index (χ0n) is 11.2. The second kappa shape index (κ2) is 4.30. The van der Waals surface area contributed by atoms with Gasteiger partial charge >= 0.3 is 0 Å². The minimum absolute atomic E-state index is 0.0224. The second-order valence-electron chi connectivity index (χ2n) is 5.80. The van der Waals surface area contributed by atoms with Crippen molar-refractivity contribution in [2.45, 2.75) is 39.2 Å². The van der Waals surface area contributed by atoms with E-state index in [0.29, 0.717) is 0 Å². The average Bonchev–Trinajstić information content (AvgIpc) is 2.79. The Hall–Kier alpha value is -1.09. The van der Waals surface area contributed by atoms with E-state index in [9.17, 15) is 0 Å². The van der Waals surface area contributed by atoms with Gasteiger partial charge in [-0.15, -0.1) is 0 Å². The van der Waals surface area contributed by atoms with Gasteiger partial charge in [0.05, 0.1) is 18.8 Å². The molecule has 94 valence electrons. The van der Waals surface area contributed by atoms with Gasteiger partial charge in [-0.2, -0.15) is 0 Å². The lowest BCUT2D eigenvalue weighted by Gasteiger charge is -2.42. The highest BCUT2D eigenvalue weighted by Crippen LogP contribution is 2.45. The largest absolute Gasteiger partial charge is 0.495 e. The van der Waals surface area contributed by atoms with E-state index in [1.165, 1.54) is 12.0 Å². The highest BCUT2D eigenvalue weighted by atomic mass is 16.5. The van der Waals surface area contributed by atoms with Gasteiger partial charge in [-0.1, -0.05) is 20.8 Å². The first kappa shape index (κ1) is 12.4. The second-order valence-corrected chi connectivity index (χ2v) is 5.80. The Morgan fingerprint density at radius 1 is 1.35 bits per heavy atom. The molecule has 0 radical (unpaired) electrons. The molecule has 1 unspecified atom stereocenters. The monoisotopic (exact) mass is 234 g/mol. The molecule has 0 saturated carbocycles. The number of nitrogens with one attached hydrogen (secondary N) is 1. The van der Waals surface area contributed by atoms with Crippen LogP contribution >= 0.6 is 0 Å². The number of rotatable bonds is 2. The fourth-order valence-corrected chi connectivity index (χ4v) is 2.83. The highest BCUT2D eigenvalue weighted by molar-refractivity contribution is 5.32. The predicted molar refractivity (Wildman–Crippen MR) is 69.2 cm³/mol. The molecule has 1 aliphatic rings. The lowest BCUT2D eigenvalue weighted by molar-refractivity contribution is 0.160. The highest BCUT2D eigenvalue weighted by Gasteiger charge is 2.45. The van der Waals surface area contributed by atoms with Crippen LogP contribution in [0.1, 0.15) is 39.2 Å². The third kappa shape index (κ3) is 2.04. The average molecular weight is 234 g/mol. The number of pyridine rings is 1. The number of methoxy groups -OCH3 is 1. The molecule has 0 amide bonds. The molecular formula is C14H22N2O. The summed E-state index contributed by atoms with van der Waals surface area (Å²) in [4.78, 5) is 4.29. The van der Waals surface area contributed by atoms with Gasteiger partial charge in [-0.3, -0.25) is 4.98 Å². The van der Waals surface area contributed by atoms with Crippen molar-refractivity contribution in [3.8, 4) is 5.75 Å². The van der Waals surface area contributed by atoms with Crippen LogP contribution in [0.5, 0.6) is 5.75 Å². The van der Waals surface area contributed by atoms with Gasteiger partial charge in [-0.25, -0.2) is 0 Å². The number of hydrogen-bond donors (Lipinski definition) is 1. The molecule has 1 aromatic rings. The molecule has 3 nitrogen and oxygen atoms in total. The molecule has 1 aromatic heterocycles. The van der Waals surface area contributed by atoms with Crippen LogP contribution in [0.2, 0.25) is 0 Å². The normalized spacial score (nSPS) is 24.9. The summed E-state index contributed by atoms with van der Waals surface area (Å²) in [5.74, 6) is 0.833. The van der Waals surface area contributed by atoms with Crippen molar-refractivity contribution in [1.29, 1.82) is 0 Å². The van der Waals surface area contributed by atoms with Gasteiger partial charge < -0.3 is 10.1 Å². The Labute approximate surface area is 104 Å². The Balaban J connectivity index is 2.46. The maximum absolute atomic E-state index is 5.28. The zero-order valence-corrected chi connectivity index (χ0v) is 11.2. The lowest BCUT2D eigenvalue weighted by atomic mass is 9.69. The van der Waals surface area contributed by atoms with E-state index >= 15 is 0 Å². The van der Waals surface area contributed by atoms with Gasteiger partial charge in [0.15, 0.2) is 0 Å². The maximum atomic E-state index is 5.28. The molecule has 1 saturated heterocycles. The molecular weight excluding hydrogens is 212 g/mol. The van der Waals surface area contributed by atoms with Crippen LogP contribution in [0.15, 0.2) is 18.5 Å². The van der Waals surface area contributed by atoms with Crippen LogP contribution in [0.4, 0.5) is 0 Å². The molecule has 0 spiro atoms. The minimum Gasteiger partial charge on any atom is -0.495 e. The van der Waals surface area contributed by atoms with E-state index in [2.05, 4.69) is 37.1 Å². The minimum atomic E-state index is 0.0224. The summed E-state index contributed by atoms with van der Waals surface area (Å²) in [5, 5.41) is 3.68. The Morgan fingerprint density at radius 2 is 2.12 bits per heavy atom. The van der Waals surface area contributed by atoms with Crippen molar-refractivity contribution in [3.05, 3.63) is 24.0 Å². The van der Waals surface area contributed by atoms with Gasteiger partial charge in [0.25, 0.3) is 0 Å². The molecule has 0 aliphatic carbocycles. The molecule has 2 heterocycles. The van der Waals surface area contributed by atoms with Crippen LogP contribution < -0.4 is 10.1 Å². The molecule has 17 heavy (non-hydrogen) atoms. The molecule has 1 atom stereocenters. The lowest BCUT2D eigenvalue weighted by Crippen LogP contribution is -2.48. The molecule has 3 heteroatoms. The standard InChI is InChI=1S/C14H22N2O/c1-13(2,3)14(6-5-7-16-14)11-8-12(17-4)10-15-9-11/h8-10,16H,5-7H2,1-4H3. The summed E-state index contributed by atoms with van der Waals surface area (Å²) in [7, 11) is 1.69. The Kier molecular flexibility index (Phi) is 3.13. The van der Waals surface area contributed by atoms with E-state index in [4.69, 9.17) is 4.74 Å². The van der Waals surface area contributed by atoms with Crippen LogP contribution in [0, 0.1) is 5.41 Å². The third-order valence-electron chi connectivity index (χ3n) is 3.88. The van der Waals surface area contributed by atoms with Crippen molar-refractivity contribution in [3.63, 3.8) is 0 Å². The van der Waals surface area contributed by atoms with E-state index in [1.807, 2.05) is 6.20 Å². The molecule has 1 N–H and O–H groups in total.